The van der Waals surface area contributed by atoms with Crippen molar-refractivity contribution in [2.24, 2.45) is 4.99 Å². The molecule has 4 heteroatoms. The lowest BCUT2D eigenvalue weighted by molar-refractivity contribution is 0.413. The average molecular weight is 225 g/mol. The number of nitrogens with zero attached hydrogens (tertiary/aromatic N) is 1. The van der Waals surface area contributed by atoms with E-state index in [0.29, 0.717) is 0 Å². The summed E-state index contributed by atoms with van der Waals surface area (Å²) in [6.07, 6.45) is 0. The second kappa shape index (κ2) is 4.75. The molecule has 0 saturated heterocycles. The van der Waals surface area contributed by atoms with Gasteiger partial charge in [-0.1, -0.05) is 29.6 Å². The summed E-state index contributed by atoms with van der Waals surface area (Å²) in [6, 6.07) is 8.07. The second-order valence-corrected chi connectivity index (χ2v) is 5.18. The third-order valence-corrected chi connectivity index (χ3v) is 3.96. The largest absolute Gasteiger partial charge is 0.497 e. The van der Waals surface area contributed by atoms with Gasteiger partial charge in [0.1, 0.15) is 10.1 Å². The van der Waals surface area contributed by atoms with Crippen molar-refractivity contribution in [3.63, 3.8) is 0 Å². The summed E-state index contributed by atoms with van der Waals surface area (Å²) in [5.41, 5.74) is 0. The molecule has 0 N–H and O–H groups in total. The molecular formula is C10H11NOS2. The van der Waals surface area contributed by atoms with Gasteiger partial charge in [-0.2, -0.15) is 0 Å². The predicted octanol–water partition coefficient (Wildman–Crippen LogP) is 2.89. The summed E-state index contributed by atoms with van der Waals surface area (Å²) in [7, 11) is 1.69. The number of methoxy groups -OCH3 is 1. The standard InChI is InChI=1S/C10H11NOS2/c1-12-8-3-2-4-9(7-8)14-10-11-5-6-13-10/h2-4,7H,5-6H2,1H3. The summed E-state index contributed by atoms with van der Waals surface area (Å²) >= 11 is 3.54. The van der Waals surface area contributed by atoms with Gasteiger partial charge in [0, 0.05) is 10.6 Å². The van der Waals surface area contributed by atoms with Crippen LogP contribution in [-0.2, 0) is 0 Å². The summed E-state index contributed by atoms with van der Waals surface area (Å²) in [4.78, 5) is 5.58. The lowest BCUT2D eigenvalue weighted by atomic mass is 10.3. The molecule has 1 aromatic rings. The Morgan fingerprint density at radius 1 is 1.50 bits per heavy atom. The maximum Gasteiger partial charge on any atom is 0.129 e. The Labute approximate surface area is 92.1 Å². The highest BCUT2D eigenvalue weighted by Crippen LogP contribution is 2.30. The van der Waals surface area contributed by atoms with Crippen molar-refractivity contribution in [1.82, 2.24) is 0 Å². The first-order valence-electron chi connectivity index (χ1n) is 4.37. The number of hydrogen-bond donors (Lipinski definition) is 0. The van der Waals surface area contributed by atoms with Gasteiger partial charge in [-0.05, 0) is 18.2 Å². The lowest BCUT2D eigenvalue weighted by Gasteiger charge is -2.02. The van der Waals surface area contributed by atoms with E-state index >= 15 is 0 Å². The van der Waals surface area contributed by atoms with Gasteiger partial charge in [0.2, 0.25) is 0 Å². The van der Waals surface area contributed by atoms with Crippen LogP contribution < -0.4 is 4.74 Å². The van der Waals surface area contributed by atoms with E-state index in [1.54, 1.807) is 18.9 Å². The molecule has 14 heavy (non-hydrogen) atoms. The summed E-state index contributed by atoms with van der Waals surface area (Å²) < 4.78 is 6.32. The Morgan fingerprint density at radius 3 is 3.14 bits per heavy atom. The van der Waals surface area contributed by atoms with Crippen molar-refractivity contribution in [3.05, 3.63) is 24.3 Å². The Hall–Kier alpha value is -0.610. The first-order valence-corrected chi connectivity index (χ1v) is 6.18. The SMILES string of the molecule is COc1cccc(SC2=NCCS2)c1. The molecule has 0 radical (unpaired) electrons. The average Bonchev–Trinajstić information content (AvgIpc) is 2.71. The Balaban J connectivity index is 2.08. The maximum atomic E-state index is 5.16. The van der Waals surface area contributed by atoms with E-state index in [2.05, 4.69) is 11.1 Å². The minimum Gasteiger partial charge on any atom is -0.497 e. The highest BCUT2D eigenvalue weighted by molar-refractivity contribution is 8.39. The number of ether oxygens (including phenoxy) is 1. The van der Waals surface area contributed by atoms with Gasteiger partial charge >= 0.3 is 0 Å². The number of hydrogen-bond acceptors (Lipinski definition) is 4. The molecule has 0 aromatic heterocycles. The molecule has 1 aliphatic heterocycles. The normalized spacial score (nSPS) is 15.4. The van der Waals surface area contributed by atoms with E-state index in [1.807, 2.05) is 30.0 Å². The molecule has 0 fully saturated rings. The van der Waals surface area contributed by atoms with Crippen molar-refractivity contribution in [2.45, 2.75) is 4.90 Å². The van der Waals surface area contributed by atoms with Crippen LogP contribution >= 0.6 is 23.5 Å². The maximum absolute atomic E-state index is 5.16. The van der Waals surface area contributed by atoms with Crippen LogP contribution in [-0.4, -0.2) is 23.8 Å². The van der Waals surface area contributed by atoms with Gasteiger partial charge in [-0.25, -0.2) is 0 Å². The quantitative estimate of drug-likeness (QED) is 0.772. The number of aliphatic imine (C=N–C) groups is 1. The summed E-state index contributed by atoms with van der Waals surface area (Å²) in [5.74, 6) is 2.02. The van der Waals surface area contributed by atoms with E-state index in [4.69, 9.17) is 4.74 Å². The Bertz CT molecular complexity index is 352. The molecule has 0 amide bonds. The fourth-order valence-electron chi connectivity index (χ4n) is 1.14. The van der Waals surface area contributed by atoms with Crippen molar-refractivity contribution >= 4 is 27.9 Å². The van der Waals surface area contributed by atoms with E-state index in [0.717, 1.165) is 18.0 Å². The molecule has 0 spiro atoms. The van der Waals surface area contributed by atoms with Crippen LogP contribution in [0, 0.1) is 0 Å². The monoisotopic (exact) mass is 225 g/mol. The van der Waals surface area contributed by atoms with Crippen LogP contribution in [0.3, 0.4) is 0 Å². The van der Waals surface area contributed by atoms with Crippen LogP contribution in [0.1, 0.15) is 0 Å². The molecule has 0 saturated carbocycles. The van der Waals surface area contributed by atoms with Gasteiger partial charge in [0.25, 0.3) is 0 Å². The zero-order valence-electron chi connectivity index (χ0n) is 7.90. The Morgan fingerprint density at radius 2 is 2.43 bits per heavy atom. The number of thioether (sulfide) groups is 2. The fraction of sp³-hybridized carbons (Fsp3) is 0.300. The van der Waals surface area contributed by atoms with E-state index in [9.17, 15) is 0 Å². The van der Waals surface area contributed by atoms with Crippen LogP contribution in [0.5, 0.6) is 5.75 Å². The van der Waals surface area contributed by atoms with Crippen molar-refractivity contribution in [2.75, 3.05) is 19.4 Å². The van der Waals surface area contributed by atoms with Crippen LogP contribution in [0.25, 0.3) is 0 Å². The molecule has 1 heterocycles. The van der Waals surface area contributed by atoms with Crippen LogP contribution in [0.4, 0.5) is 0 Å². The lowest BCUT2D eigenvalue weighted by Crippen LogP contribution is -1.84. The topological polar surface area (TPSA) is 21.6 Å². The zero-order chi connectivity index (χ0) is 9.80. The molecule has 1 aliphatic rings. The third kappa shape index (κ3) is 2.45. The van der Waals surface area contributed by atoms with Crippen molar-refractivity contribution < 1.29 is 4.74 Å². The van der Waals surface area contributed by atoms with E-state index in [-0.39, 0.29) is 0 Å². The van der Waals surface area contributed by atoms with Gasteiger partial charge in [0.05, 0.1) is 13.7 Å². The molecular weight excluding hydrogens is 214 g/mol. The number of rotatable bonds is 2. The van der Waals surface area contributed by atoms with Crippen LogP contribution in [0.2, 0.25) is 0 Å². The molecule has 0 unspecified atom stereocenters. The molecule has 0 aliphatic carbocycles. The van der Waals surface area contributed by atoms with Gasteiger partial charge in [-0.15, -0.1) is 0 Å². The molecule has 74 valence electrons. The number of benzene rings is 1. The zero-order valence-corrected chi connectivity index (χ0v) is 9.53. The van der Waals surface area contributed by atoms with Crippen LogP contribution in [0.15, 0.2) is 34.2 Å². The second-order valence-electron chi connectivity index (χ2n) is 2.78. The van der Waals surface area contributed by atoms with Crippen molar-refractivity contribution in [3.8, 4) is 5.75 Å². The van der Waals surface area contributed by atoms with E-state index in [1.165, 1.54) is 9.27 Å². The molecule has 0 atom stereocenters. The molecule has 2 rings (SSSR count). The summed E-state index contributed by atoms with van der Waals surface area (Å²) in [6.45, 7) is 0.955. The third-order valence-electron chi connectivity index (χ3n) is 1.80. The molecule has 1 aromatic carbocycles. The minimum atomic E-state index is 0.901. The van der Waals surface area contributed by atoms with Gasteiger partial charge in [-0.3, -0.25) is 4.99 Å². The van der Waals surface area contributed by atoms with E-state index < -0.39 is 0 Å². The fourth-order valence-corrected chi connectivity index (χ4v) is 3.14. The Kier molecular flexibility index (Phi) is 3.37. The molecule has 2 nitrogen and oxygen atoms in total. The van der Waals surface area contributed by atoms with Gasteiger partial charge in [0.15, 0.2) is 0 Å². The first-order chi connectivity index (χ1) is 6.88. The highest BCUT2D eigenvalue weighted by Gasteiger charge is 2.08. The van der Waals surface area contributed by atoms with Gasteiger partial charge < -0.3 is 4.74 Å². The smallest absolute Gasteiger partial charge is 0.129 e. The minimum absolute atomic E-state index is 0.901. The van der Waals surface area contributed by atoms with Crippen molar-refractivity contribution in [1.29, 1.82) is 0 Å². The molecule has 0 bridgehead atoms. The highest BCUT2D eigenvalue weighted by atomic mass is 32.2. The predicted molar refractivity (Wildman–Crippen MR) is 63.6 cm³/mol. The first kappa shape index (κ1) is 9.93. The summed E-state index contributed by atoms with van der Waals surface area (Å²) in [5, 5.41) is 0.